The van der Waals surface area contributed by atoms with Crippen LogP contribution in [-0.2, 0) is 20.8 Å². The van der Waals surface area contributed by atoms with E-state index in [2.05, 4.69) is 16.0 Å². The Kier molecular flexibility index (Phi) is 11.9. The van der Waals surface area contributed by atoms with Gasteiger partial charge >= 0.3 is 5.97 Å². The maximum Gasteiger partial charge on any atom is 0.326 e. The first kappa shape index (κ1) is 32.6. The molecule has 2 atom stereocenters. The zero-order valence-corrected chi connectivity index (χ0v) is 25.4. The van der Waals surface area contributed by atoms with Gasteiger partial charge < -0.3 is 35.3 Å². The first-order chi connectivity index (χ1) is 20.1. The van der Waals surface area contributed by atoms with E-state index in [0.29, 0.717) is 72.0 Å². The molecule has 0 saturated carbocycles. The van der Waals surface area contributed by atoms with Crippen molar-refractivity contribution in [2.24, 2.45) is 0 Å². The summed E-state index contributed by atoms with van der Waals surface area (Å²) < 4.78 is 17.0. The number of carboxylic acid groups (broad SMARTS) is 1. The van der Waals surface area contributed by atoms with E-state index in [1.165, 1.54) is 31.9 Å². The second-order valence-corrected chi connectivity index (χ2v) is 10.9. The van der Waals surface area contributed by atoms with Crippen LogP contribution in [-0.4, -0.2) is 68.8 Å². The van der Waals surface area contributed by atoms with Crippen molar-refractivity contribution in [2.45, 2.75) is 51.1 Å². The van der Waals surface area contributed by atoms with Crippen molar-refractivity contribution in [3.05, 3.63) is 45.6 Å². The first-order valence-electron chi connectivity index (χ1n) is 13.7. The number of carbonyl (C=O) groups excluding carboxylic acids is 2. The smallest absolute Gasteiger partial charge is 0.326 e. The second-order valence-electron chi connectivity index (χ2n) is 9.87. The highest BCUT2D eigenvalue weighted by Crippen LogP contribution is 2.50. The molecule has 0 radical (unpaired) electrons. The van der Waals surface area contributed by atoms with Crippen molar-refractivity contribution in [1.82, 2.24) is 10.6 Å². The number of rotatable bonds is 14. The van der Waals surface area contributed by atoms with Gasteiger partial charge in [-0.3, -0.25) is 14.4 Å². The molecule has 12 heteroatoms. The SMILES string of the molecule is COc1cc2c(c(OC)c1OC)-c1ccc(NCCCC(=O)N[C@H](CCSC)C(=O)O)c(=O)cc1[C@H](NC(C)=O)CC2. The second kappa shape index (κ2) is 15.3. The van der Waals surface area contributed by atoms with E-state index in [-0.39, 0.29) is 23.7 Å². The third kappa shape index (κ3) is 7.87. The zero-order valence-electron chi connectivity index (χ0n) is 24.6. The number of anilines is 1. The van der Waals surface area contributed by atoms with Gasteiger partial charge in [0.05, 0.1) is 33.1 Å². The highest BCUT2D eigenvalue weighted by atomic mass is 32.2. The summed E-state index contributed by atoms with van der Waals surface area (Å²) in [6, 6.07) is 5.57. The number of ether oxygens (including phenoxy) is 3. The van der Waals surface area contributed by atoms with Crippen molar-refractivity contribution >= 4 is 35.2 Å². The number of hydrogen-bond donors (Lipinski definition) is 4. The third-order valence-electron chi connectivity index (χ3n) is 7.06. The molecule has 228 valence electrons. The number of aryl methyl sites for hydroxylation is 1. The van der Waals surface area contributed by atoms with Crippen molar-refractivity contribution in [3.63, 3.8) is 0 Å². The molecule has 0 spiro atoms. The van der Waals surface area contributed by atoms with Gasteiger partial charge in [-0.15, -0.1) is 0 Å². The van der Waals surface area contributed by atoms with E-state index >= 15 is 0 Å². The molecule has 42 heavy (non-hydrogen) atoms. The molecular weight excluding hydrogens is 562 g/mol. The van der Waals surface area contributed by atoms with Crippen LogP contribution in [0.25, 0.3) is 11.1 Å². The van der Waals surface area contributed by atoms with Gasteiger partial charge in [0.25, 0.3) is 0 Å². The number of carboxylic acids is 1. The van der Waals surface area contributed by atoms with Gasteiger partial charge in [-0.25, -0.2) is 4.79 Å². The molecular formula is C30H39N3O8S. The van der Waals surface area contributed by atoms with Crippen molar-refractivity contribution in [1.29, 1.82) is 0 Å². The Morgan fingerprint density at radius 2 is 1.83 bits per heavy atom. The number of thioether (sulfide) groups is 1. The largest absolute Gasteiger partial charge is 0.493 e. The minimum Gasteiger partial charge on any atom is -0.493 e. The maximum atomic E-state index is 13.4. The molecule has 0 fully saturated rings. The summed E-state index contributed by atoms with van der Waals surface area (Å²) in [5.41, 5.74) is 3.10. The van der Waals surface area contributed by atoms with E-state index in [1.54, 1.807) is 20.3 Å². The monoisotopic (exact) mass is 601 g/mol. The van der Waals surface area contributed by atoms with Crippen LogP contribution in [0.3, 0.4) is 0 Å². The average molecular weight is 602 g/mol. The fraction of sp³-hybridized carbons (Fsp3) is 0.467. The summed E-state index contributed by atoms with van der Waals surface area (Å²) >= 11 is 1.52. The summed E-state index contributed by atoms with van der Waals surface area (Å²) in [7, 11) is 4.62. The number of amides is 2. The molecule has 0 saturated heterocycles. The number of methoxy groups -OCH3 is 3. The molecule has 0 aromatic heterocycles. The predicted molar refractivity (Wildman–Crippen MR) is 163 cm³/mol. The number of nitrogens with one attached hydrogen (secondary N) is 3. The quantitative estimate of drug-likeness (QED) is 0.237. The fourth-order valence-electron chi connectivity index (χ4n) is 5.09. The van der Waals surface area contributed by atoms with Crippen LogP contribution in [0, 0.1) is 0 Å². The molecule has 0 unspecified atom stereocenters. The van der Waals surface area contributed by atoms with Gasteiger partial charge in [0.2, 0.25) is 23.0 Å². The molecule has 3 rings (SSSR count). The minimum absolute atomic E-state index is 0.108. The molecule has 1 aliphatic carbocycles. The summed E-state index contributed by atoms with van der Waals surface area (Å²) in [5.74, 6) is 0.397. The highest BCUT2D eigenvalue weighted by molar-refractivity contribution is 7.98. The Balaban J connectivity index is 1.91. The number of carbonyl (C=O) groups is 3. The molecule has 0 bridgehead atoms. The molecule has 4 N–H and O–H groups in total. The van der Waals surface area contributed by atoms with Gasteiger partial charge in [0.1, 0.15) is 6.04 Å². The lowest BCUT2D eigenvalue weighted by molar-refractivity contribution is -0.141. The van der Waals surface area contributed by atoms with Gasteiger partial charge in [-0.05, 0) is 72.6 Å². The molecule has 1 aliphatic rings. The summed E-state index contributed by atoms with van der Waals surface area (Å²) in [6.07, 6.45) is 3.86. The van der Waals surface area contributed by atoms with Gasteiger partial charge in [-0.1, -0.05) is 6.07 Å². The standard InChI is InChI=1S/C30H39N3O8S/c1-17(34)32-21-10-8-18-15-25(39-2)28(40-3)29(41-4)27(18)19-9-11-22(24(35)16-20(19)21)31-13-6-7-26(36)33-23(30(37)38)12-14-42-5/h9,11,15-16,21,23H,6-8,10,12-14H2,1-5H3,(H,31,35)(H,32,34)(H,33,36)(H,37,38)/t21-,23-/m1/s1. The molecule has 2 amide bonds. The average Bonchev–Trinajstić information content (AvgIpc) is 3.20. The minimum atomic E-state index is -1.06. The highest BCUT2D eigenvalue weighted by Gasteiger charge is 2.29. The van der Waals surface area contributed by atoms with Gasteiger partial charge in [0, 0.05) is 25.5 Å². The lowest BCUT2D eigenvalue weighted by Gasteiger charge is -2.19. The van der Waals surface area contributed by atoms with Crippen molar-refractivity contribution in [2.75, 3.05) is 45.2 Å². The zero-order chi connectivity index (χ0) is 30.8. The molecule has 0 heterocycles. The maximum absolute atomic E-state index is 13.4. The van der Waals surface area contributed by atoms with Crippen LogP contribution in [0.1, 0.15) is 49.8 Å². The molecule has 2 aromatic rings. The van der Waals surface area contributed by atoms with E-state index in [1.807, 2.05) is 18.4 Å². The van der Waals surface area contributed by atoms with Crippen LogP contribution in [0.5, 0.6) is 17.2 Å². The van der Waals surface area contributed by atoms with Crippen molar-refractivity contribution < 1.29 is 33.7 Å². The van der Waals surface area contributed by atoms with E-state index in [0.717, 1.165) is 11.1 Å². The lowest BCUT2D eigenvalue weighted by Crippen LogP contribution is -2.41. The fourth-order valence-corrected chi connectivity index (χ4v) is 5.56. The molecule has 11 nitrogen and oxygen atoms in total. The van der Waals surface area contributed by atoms with Crippen LogP contribution in [0.15, 0.2) is 29.1 Å². The Hall–Kier alpha value is -3.93. The molecule has 2 aromatic carbocycles. The van der Waals surface area contributed by atoms with Gasteiger partial charge in [0.15, 0.2) is 11.5 Å². The topological polar surface area (TPSA) is 152 Å². The van der Waals surface area contributed by atoms with E-state index in [4.69, 9.17) is 14.2 Å². The summed E-state index contributed by atoms with van der Waals surface area (Å²) in [6.45, 7) is 1.76. The molecule has 0 aliphatic heterocycles. The number of fused-ring (bicyclic) bond motifs is 3. The van der Waals surface area contributed by atoms with Gasteiger partial charge in [-0.2, -0.15) is 11.8 Å². The van der Waals surface area contributed by atoms with E-state index < -0.39 is 18.1 Å². The van der Waals surface area contributed by atoms with Crippen LogP contribution < -0.4 is 35.6 Å². The number of aliphatic carboxylic acids is 1. The number of hydrogen-bond acceptors (Lipinski definition) is 9. The lowest BCUT2D eigenvalue weighted by atomic mass is 9.95. The Morgan fingerprint density at radius 1 is 1.10 bits per heavy atom. The van der Waals surface area contributed by atoms with Crippen LogP contribution in [0.4, 0.5) is 5.69 Å². The van der Waals surface area contributed by atoms with Crippen molar-refractivity contribution in [3.8, 4) is 28.4 Å². The Bertz CT molecular complexity index is 1370. The first-order valence-corrected chi connectivity index (χ1v) is 15.1. The predicted octanol–water partition coefficient (Wildman–Crippen LogP) is 3.38. The summed E-state index contributed by atoms with van der Waals surface area (Å²) in [4.78, 5) is 49.2. The third-order valence-corrected chi connectivity index (χ3v) is 7.70. The normalized spacial score (nSPS) is 14.4. The Morgan fingerprint density at radius 3 is 2.45 bits per heavy atom. The Labute approximate surface area is 249 Å². The summed E-state index contributed by atoms with van der Waals surface area (Å²) in [5, 5.41) is 18.0. The van der Waals surface area contributed by atoms with Crippen LogP contribution in [0.2, 0.25) is 0 Å². The van der Waals surface area contributed by atoms with Crippen LogP contribution >= 0.6 is 11.8 Å². The number of benzene rings is 1. The van der Waals surface area contributed by atoms with E-state index in [9.17, 15) is 24.3 Å².